The highest BCUT2D eigenvalue weighted by Gasteiger charge is 2.36. The third-order valence-corrected chi connectivity index (χ3v) is 8.98. The fourth-order valence-electron chi connectivity index (χ4n) is 5.82. The lowest BCUT2D eigenvalue weighted by Crippen LogP contribution is -2.40. The number of methoxy groups -OCH3 is 2. The quantitative estimate of drug-likeness (QED) is 0.252. The molecule has 12 heteroatoms. The first kappa shape index (κ1) is 33.8. The highest BCUT2D eigenvalue weighted by molar-refractivity contribution is 7.07. The molecule has 0 unspecified atom stereocenters. The molecule has 2 aliphatic rings. The van der Waals surface area contributed by atoms with Crippen LogP contribution in [0.1, 0.15) is 63.6 Å². The molecule has 0 N–H and O–H groups in total. The van der Waals surface area contributed by atoms with Gasteiger partial charge in [0.15, 0.2) is 22.9 Å². The van der Waals surface area contributed by atoms with Crippen LogP contribution in [0.5, 0.6) is 23.0 Å². The van der Waals surface area contributed by atoms with E-state index in [0.29, 0.717) is 67.8 Å². The SMILES string of the molecule is CCCC1=C(C(=O)OCC)[C@@H](c2cc(OC)ccc2OC)n2c(s/c(=C\c3ccc(OCC(=O)N4CCCC4)c(OCC)c3)c2=O)=N1. The average molecular weight is 664 g/mol. The van der Waals surface area contributed by atoms with Crippen molar-refractivity contribution in [1.29, 1.82) is 0 Å². The van der Waals surface area contributed by atoms with Crippen LogP contribution in [-0.4, -0.2) is 68.5 Å². The molecule has 11 nitrogen and oxygen atoms in total. The van der Waals surface area contributed by atoms with Gasteiger partial charge in [0.1, 0.15) is 17.5 Å². The van der Waals surface area contributed by atoms with Crippen molar-refractivity contribution >= 4 is 29.3 Å². The molecule has 0 bridgehead atoms. The zero-order valence-electron chi connectivity index (χ0n) is 27.5. The standard InChI is InChI=1S/C35H41N3O8S/c1-6-11-25-31(34(41)45-8-3)32(24-20-23(42-4)13-15-26(24)43-5)38-33(40)29(47-35(38)36-25)19-22-12-14-27(28(18-22)44-7-2)46-21-30(39)37-16-9-10-17-37/h12-15,18-20,32H,6-11,16-17,21H2,1-5H3/b29-19-/t32-/m1/s1. The number of allylic oxidation sites excluding steroid dienone is 1. The van der Waals surface area contributed by atoms with Gasteiger partial charge in [0.2, 0.25) is 0 Å². The summed E-state index contributed by atoms with van der Waals surface area (Å²) in [6.07, 6.45) is 5.03. The summed E-state index contributed by atoms with van der Waals surface area (Å²) in [4.78, 5) is 47.5. The molecule has 3 heterocycles. The van der Waals surface area contributed by atoms with Crippen molar-refractivity contribution in [3.63, 3.8) is 0 Å². The normalized spacial score (nSPS) is 16.1. The Labute approximate surface area is 277 Å². The lowest BCUT2D eigenvalue weighted by atomic mass is 9.93. The van der Waals surface area contributed by atoms with E-state index in [0.717, 1.165) is 32.4 Å². The van der Waals surface area contributed by atoms with Crippen molar-refractivity contribution in [2.24, 2.45) is 4.99 Å². The van der Waals surface area contributed by atoms with Crippen LogP contribution in [0.15, 0.2) is 57.5 Å². The Morgan fingerprint density at radius 2 is 1.72 bits per heavy atom. The molecule has 1 atom stereocenters. The average Bonchev–Trinajstić information content (AvgIpc) is 3.72. The Hall–Kier alpha value is -4.58. The van der Waals surface area contributed by atoms with Gasteiger partial charge in [0.25, 0.3) is 11.5 Å². The molecule has 1 aromatic heterocycles. The van der Waals surface area contributed by atoms with Gasteiger partial charge in [-0.15, -0.1) is 0 Å². The van der Waals surface area contributed by atoms with E-state index < -0.39 is 12.0 Å². The van der Waals surface area contributed by atoms with Crippen molar-refractivity contribution in [1.82, 2.24) is 9.47 Å². The van der Waals surface area contributed by atoms with Crippen molar-refractivity contribution in [3.8, 4) is 23.0 Å². The van der Waals surface area contributed by atoms with E-state index in [1.54, 1.807) is 57.6 Å². The maximum atomic E-state index is 14.3. The van der Waals surface area contributed by atoms with Gasteiger partial charge in [0, 0.05) is 18.7 Å². The predicted octanol–water partition coefficient (Wildman–Crippen LogP) is 4.00. The molecular formula is C35H41N3O8S. The maximum Gasteiger partial charge on any atom is 0.338 e. The van der Waals surface area contributed by atoms with Crippen molar-refractivity contribution < 1.29 is 33.3 Å². The number of carbonyl (C=O) groups is 2. The largest absolute Gasteiger partial charge is 0.497 e. The number of fused-ring (bicyclic) bond motifs is 1. The number of nitrogens with zero attached hydrogens (tertiary/aromatic N) is 3. The second-order valence-corrected chi connectivity index (χ2v) is 12.0. The minimum absolute atomic E-state index is 0.0537. The van der Waals surface area contributed by atoms with Gasteiger partial charge in [-0.2, -0.15) is 0 Å². The van der Waals surface area contributed by atoms with E-state index in [-0.39, 0.29) is 24.7 Å². The number of thiazole rings is 1. The monoisotopic (exact) mass is 663 g/mol. The third kappa shape index (κ3) is 7.22. The lowest BCUT2D eigenvalue weighted by molar-refractivity contribution is -0.139. The number of carbonyl (C=O) groups excluding carboxylic acids is 2. The van der Waals surface area contributed by atoms with Crippen molar-refractivity contribution in [3.05, 3.63) is 78.5 Å². The molecule has 2 aliphatic heterocycles. The van der Waals surface area contributed by atoms with Crippen LogP contribution in [0.3, 0.4) is 0 Å². The van der Waals surface area contributed by atoms with Gasteiger partial charge in [-0.1, -0.05) is 30.7 Å². The summed E-state index contributed by atoms with van der Waals surface area (Å²) in [5, 5.41) is 0. The molecule has 1 saturated heterocycles. The van der Waals surface area contributed by atoms with Crippen molar-refractivity contribution in [2.75, 3.05) is 47.1 Å². The number of aromatic nitrogens is 1. The molecule has 1 fully saturated rings. The molecule has 0 saturated carbocycles. The summed E-state index contributed by atoms with van der Waals surface area (Å²) in [6, 6.07) is 9.77. The first-order chi connectivity index (χ1) is 22.8. The summed E-state index contributed by atoms with van der Waals surface area (Å²) < 4.78 is 30.4. The van der Waals surface area contributed by atoms with Gasteiger partial charge in [0.05, 0.1) is 43.2 Å². The summed E-state index contributed by atoms with van der Waals surface area (Å²) in [5.41, 5.74) is 1.82. The molecule has 0 radical (unpaired) electrons. The molecule has 2 aromatic carbocycles. The molecule has 47 heavy (non-hydrogen) atoms. The van der Waals surface area contributed by atoms with Gasteiger partial charge < -0.3 is 28.6 Å². The fourth-order valence-corrected chi connectivity index (χ4v) is 6.84. The highest BCUT2D eigenvalue weighted by Crippen LogP contribution is 2.39. The van der Waals surface area contributed by atoms with Crippen LogP contribution in [0.4, 0.5) is 0 Å². The number of amides is 1. The minimum Gasteiger partial charge on any atom is -0.497 e. The molecule has 250 valence electrons. The van der Waals surface area contributed by atoms with Crippen LogP contribution in [0.2, 0.25) is 0 Å². The zero-order valence-corrected chi connectivity index (χ0v) is 28.3. The minimum atomic E-state index is -0.859. The lowest BCUT2D eigenvalue weighted by Gasteiger charge is -2.27. The van der Waals surface area contributed by atoms with Crippen LogP contribution < -0.4 is 33.8 Å². The fraction of sp³-hybridized carbons (Fsp3) is 0.429. The Kier molecular flexibility index (Phi) is 11.0. The summed E-state index contributed by atoms with van der Waals surface area (Å²) >= 11 is 1.23. The highest BCUT2D eigenvalue weighted by atomic mass is 32.1. The van der Waals surface area contributed by atoms with Gasteiger partial charge >= 0.3 is 5.97 Å². The van der Waals surface area contributed by atoms with E-state index in [9.17, 15) is 14.4 Å². The number of benzene rings is 2. The zero-order chi connectivity index (χ0) is 33.5. The Bertz CT molecular complexity index is 1840. The molecule has 1 amide bonds. The number of rotatable bonds is 13. The van der Waals surface area contributed by atoms with Gasteiger partial charge in [-0.3, -0.25) is 14.2 Å². The van der Waals surface area contributed by atoms with Crippen molar-refractivity contribution in [2.45, 2.75) is 52.5 Å². The van der Waals surface area contributed by atoms with Crippen LogP contribution >= 0.6 is 11.3 Å². The number of hydrogen-bond acceptors (Lipinski definition) is 10. The maximum absolute atomic E-state index is 14.3. The van der Waals surface area contributed by atoms with Gasteiger partial charge in [-0.25, -0.2) is 9.79 Å². The second kappa shape index (κ2) is 15.3. The molecule has 5 rings (SSSR count). The Morgan fingerprint density at radius 3 is 2.40 bits per heavy atom. The number of ether oxygens (including phenoxy) is 5. The van der Waals surface area contributed by atoms with E-state index in [1.807, 2.05) is 24.8 Å². The van der Waals surface area contributed by atoms with Crippen LogP contribution in [0, 0.1) is 0 Å². The number of likely N-dealkylation sites (tertiary alicyclic amines) is 1. The first-order valence-corrected chi connectivity index (χ1v) is 16.8. The van der Waals surface area contributed by atoms with Gasteiger partial charge in [-0.05, 0) is 75.1 Å². The number of hydrogen-bond donors (Lipinski definition) is 0. The first-order valence-electron chi connectivity index (χ1n) is 15.9. The molecular weight excluding hydrogens is 622 g/mol. The Morgan fingerprint density at radius 1 is 0.957 bits per heavy atom. The summed E-state index contributed by atoms with van der Waals surface area (Å²) in [5.74, 6) is 1.37. The smallest absolute Gasteiger partial charge is 0.338 e. The summed E-state index contributed by atoms with van der Waals surface area (Å²) in [7, 11) is 3.10. The number of esters is 1. The van der Waals surface area contributed by atoms with Crippen LogP contribution in [0.25, 0.3) is 6.08 Å². The summed E-state index contributed by atoms with van der Waals surface area (Å²) in [6.45, 7) is 7.61. The topological polar surface area (TPSA) is 118 Å². The van der Waals surface area contributed by atoms with Crippen LogP contribution in [-0.2, 0) is 14.3 Å². The Balaban J connectivity index is 1.61. The molecule has 0 spiro atoms. The molecule has 3 aromatic rings. The van der Waals surface area contributed by atoms with E-state index in [2.05, 4.69) is 0 Å². The van der Waals surface area contributed by atoms with E-state index in [1.165, 1.54) is 15.9 Å². The second-order valence-electron chi connectivity index (χ2n) is 11.0. The predicted molar refractivity (Wildman–Crippen MR) is 178 cm³/mol. The van der Waals surface area contributed by atoms with E-state index in [4.69, 9.17) is 28.7 Å². The van der Waals surface area contributed by atoms with E-state index >= 15 is 0 Å². The third-order valence-electron chi connectivity index (χ3n) is 8.00. The molecule has 0 aliphatic carbocycles.